The molecule has 2 aromatic heterocycles. The van der Waals surface area contributed by atoms with Gasteiger partial charge in [-0.3, -0.25) is 14.5 Å². The Hall–Kier alpha value is -4.02. The third-order valence-corrected chi connectivity index (χ3v) is 7.55. The number of nitrogens with two attached hydrogens (primary N) is 1. The first-order valence-electron chi connectivity index (χ1n) is 10.8. The maximum atomic E-state index is 13.1. The first-order valence-corrected chi connectivity index (χ1v) is 12.8. The highest BCUT2D eigenvalue weighted by molar-refractivity contribution is 8.00. The first-order chi connectivity index (χ1) is 17.5. The van der Waals surface area contributed by atoms with E-state index < -0.39 is 40.8 Å². The van der Waals surface area contributed by atoms with E-state index in [0.717, 1.165) is 16.2 Å². The molecule has 38 heavy (non-hydrogen) atoms. The van der Waals surface area contributed by atoms with Crippen molar-refractivity contribution in [3.05, 3.63) is 52.9 Å². The lowest BCUT2D eigenvalue weighted by atomic mass is 10.0. The molecule has 4 rings (SSSR count). The molecule has 0 aromatic carbocycles. The first kappa shape index (κ1) is 28.5. The summed E-state index contributed by atoms with van der Waals surface area (Å²) in [6, 6.07) is 4.36. The van der Waals surface area contributed by atoms with E-state index in [-0.39, 0.29) is 34.3 Å². The van der Waals surface area contributed by atoms with E-state index in [1.54, 1.807) is 29.1 Å². The molecule has 0 spiro atoms. The van der Waals surface area contributed by atoms with Crippen molar-refractivity contribution in [1.29, 1.82) is 0 Å². The highest BCUT2D eigenvalue weighted by atomic mass is 32.2. The molecule has 2 atom stereocenters. The van der Waals surface area contributed by atoms with Gasteiger partial charge >= 0.3 is 5.97 Å². The number of carbonyl (C=O) groups is 4. The summed E-state index contributed by atoms with van der Waals surface area (Å²) in [5.41, 5.74) is 3.83. The van der Waals surface area contributed by atoms with Crippen molar-refractivity contribution in [3.63, 3.8) is 0 Å². The summed E-state index contributed by atoms with van der Waals surface area (Å²) >= 11 is 2.32. The molecule has 0 unspecified atom stereocenters. The molecule has 2 aliphatic heterocycles. The Morgan fingerprint density at radius 3 is 2.61 bits per heavy atom. The molecule has 2 amide bonds. The van der Waals surface area contributed by atoms with E-state index in [1.807, 2.05) is 6.07 Å². The number of pyridine rings is 1. The van der Waals surface area contributed by atoms with Gasteiger partial charge in [0.25, 0.3) is 11.8 Å². The van der Waals surface area contributed by atoms with Gasteiger partial charge in [-0.25, -0.2) is 14.3 Å². The molecule has 1 fully saturated rings. The zero-order chi connectivity index (χ0) is 26.9. The lowest BCUT2D eigenvalue weighted by Gasteiger charge is -2.50. The summed E-state index contributed by atoms with van der Waals surface area (Å²) in [7, 11) is 0. The topological polar surface area (TPSA) is 223 Å². The average Bonchev–Trinajstić information content (AvgIpc) is 3.28. The molecule has 0 aliphatic carbocycles. The van der Waals surface area contributed by atoms with Gasteiger partial charge < -0.3 is 36.4 Å². The fourth-order valence-corrected chi connectivity index (χ4v) is 5.45. The Bertz CT molecular complexity index is 1330. The molecule has 16 heteroatoms. The lowest BCUT2D eigenvalue weighted by Crippen LogP contribution is -2.71. The van der Waals surface area contributed by atoms with Gasteiger partial charge in [0, 0.05) is 28.8 Å². The summed E-state index contributed by atoms with van der Waals surface area (Å²) in [4.78, 5) is 59.6. The zero-order valence-electron chi connectivity index (χ0n) is 20.1. The second kappa shape index (κ2) is 11.2. The number of β-lactam (4-membered cyclic amide) rings is 1. The van der Waals surface area contributed by atoms with E-state index in [1.165, 1.54) is 31.0 Å². The number of fused-ring (bicyclic) bond motifs is 1. The number of aliphatic carboxylic acids is 2. The minimum atomic E-state index is -1.75. The van der Waals surface area contributed by atoms with Crippen LogP contribution in [-0.4, -0.2) is 72.7 Å². The predicted octanol–water partition coefficient (Wildman–Crippen LogP) is -2.12. The van der Waals surface area contributed by atoms with Crippen LogP contribution < -0.4 is 20.7 Å². The van der Waals surface area contributed by atoms with Crippen molar-refractivity contribution >= 4 is 57.7 Å². The fourth-order valence-electron chi connectivity index (χ4n) is 3.56. The van der Waals surface area contributed by atoms with Crippen LogP contribution in [0.15, 0.2) is 52.4 Å². The maximum absolute atomic E-state index is 13.1. The van der Waals surface area contributed by atoms with Crippen LogP contribution in [0.2, 0.25) is 0 Å². The van der Waals surface area contributed by atoms with Crippen LogP contribution >= 0.6 is 23.1 Å². The number of thioether (sulfide) groups is 1. The van der Waals surface area contributed by atoms with Crippen LogP contribution in [0.25, 0.3) is 0 Å². The second-order valence-electron chi connectivity index (χ2n) is 8.57. The molecule has 4 heterocycles. The van der Waals surface area contributed by atoms with Crippen molar-refractivity contribution in [3.8, 4) is 0 Å². The smallest absolute Gasteiger partial charge is 0.350 e. The van der Waals surface area contributed by atoms with Gasteiger partial charge in [-0.2, -0.15) is 0 Å². The normalized spacial score (nSPS) is 19.2. The standard InChI is InChI=1S/C22H22N6O7S2.H2O/c1-22(2,20(33)34)35-26-13(12-10-37-21(23)24-12)16(29)25-14-17(30)28-15(19(31)32)11(9-36-18(14)28)8-27-6-4-3-5-7-27;/h3-7,10,14,18H,8-9H2,1-2H3,(H4-,23,24,25,29,31,32,33,34);1H2/b26-13+;/t14-,18-;/m1./s1. The van der Waals surface area contributed by atoms with Crippen LogP contribution in [0, 0.1) is 0 Å². The number of nitrogens with zero attached hydrogens (tertiary/aromatic N) is 4. The van der Waals surface area contributed by atoms with Gasteiger partial charge in [0.15, 0.2) is 29.8 Å². The van der Waals surface area contributed by atoms with Gasteiger partial charge in [-0.15, -0.1) is 23.1 Å². The number of carboxylic acids is 2. The molecule has 0 saturated carbocycles. The summed E-state index contributed by atoms with van der Waals surface area (Å²) in [6.07, 6.45) is 3.55. The predicted molar refractivity (Wildman–Crippen MR) is 133 cm³/mol. The van der Waals surface area contributed by atoms with E-state index in [4.69, 9.17) is 10.6 Å². The van der Waals surface area contributed by atoms with E-state index in [0.29, 0.717) is 11.3 Å². The molecular formula is C22H24N6O8S2. The summed E-state index contributed by atoms with van der Waals surface area (Å²) in [5.74, 6) is -4.01. The third kappa shape index (κ3) is 5.61. The SMILES string of the molecule is CC(C)(O/N=C(/C(=O)N[C@@H]1C(=O)N2C(C(=O)[O-])=C(C[n+]3ccccc3)CS[C@H]12)c1csc(N)n1)C(=O)O.O. The number of carboxylic acid groups (broad SMARTS) is 2. The van der Waals surface area contributed by atoms with Gasteiger partial charge in [0.2, 0.25) is 5.60 Å². The number of nitrogen functional groups attached to an aromatic ring is 1. The van der Waals surface area contributed by atoms with Gasteiger partial charge in [-0.05, 0) is 13.8 Å². The zero-order valence-corrected chi connectivity index (χ0v) is 21.7. The number of carbonyl (C=O) groups excluding carboxylic acids is 3. The molecule has 202 valence electrons. The molecule has 2 aliphatic rings. The number of nitrogens with one attached hydrogen (secondary N) is 1. The number of rotatable bonds is 9. The monoisotopic (exact) mass is 564 g/mol. The van der Waals surface area contributed by atoms with Gasteiger partial charge in [0.05, 0.1) is 11.7 Å². The van der Waals surface area contributed by atoms with E-state index in [9.17, 15) is 29.4 Å². The Labute approximate surface area is 224 Å². The van der Waals surface area contributed by atoms with Crippen LogP contribution in [-0.2, 0) is 30.6 Å². The van der Waals surface area contributed by atoms with Crippen molar-refractivity contribution in [2.75, 3.05) is 11.5 Å². The molecule has 6 N–H and O–H groups in total. The fraction of sp³-hybridized carbons (Fsp3) is 0.318. The minimum absolute atomic E-state index is 0. The highest BCUT2D eigenvalue weighted by Crippen LogP contribution is 2.40. The second-order valence-corrected chi connectivity index (χ2v) is 10.6. The quantitative estimate of drug-likeness (QED) is 0.130. The lowest BCUT2D eigenvalue weighted by molar-refractivity contribution is -0.689. The van der Waals surface area contributed by atoms with Crippen molar-refractivity contribution in [2.24, 2.45) is 5.16 Å². The molecule has 0 bridgehead atoms. The third-order valence-electron chi connectivity index (χ3n) is 5.54. The molecular weight excluding hydrogens is 540 g/mol. The number of amides is 2. The number of hydrogen-bond acceptors (Lipinski definition) is 11. The highest BCUT2D eigenvalue weighted by Gasteiger charge is 2.53. The van der Waals surface area contributed by atoms with Gasteiger partial charge in [0.1, 0.15) is 17.1 Å². The Morgan fingerprint density at radius 1 is 1.34 bits per heavy atom. The number of aromatic nitrogens is 2. The number of hydrogen-bond donors (Lipinski definition) is 3. The van der Waals surface area contributed by atoms with Crippen LogP contribution in [0.4, 0.5) is 5.13 Å². The van der Waals surface area contributed by atoms with Crippen LogP contribution in [0.3, 0.4) is 0 Å². The Balaban J connectivity index is 0.00000400. The summed E-state index contributed by atoms with van der Waals surface area (Å²) in [5, 5.41) is 28.4. The molecule has 14 nitrogen and oxygen atoms in total. The number of oxime groups is 1. The van der Waals surface area contributed by atoms with E-state index in [2.05, 4.69) is 15.5 Å². The minimum Gasteiger partial charge on any atom is -0.543 e. The summed E-state index contributed by atoms with van der Waals surface area (Å²) in [6.45, 7) is 2.74. The van der Waals surface area contributed by atoms with Crippen molar-refractivity contribution in [2.45, 2.75) is 37.4 Å². The Kier molecular flexibility index (Phi) is 8.38. The average molecular weight is 565 g/mol. The van der Waals surface area contributed by atoms with Crippen LogP contribution in [0.1, 0.15) is 19.5 Å². The molecule has 2 aromatic rings. The molecule has 1 saturated heterocycles. The van der Waals surface area contributed by atoms with Gasteiger partial charge in [-0.1, -0.05) is 11.2 Å². The molecule has 0 radical (unpaired) electrons. The maximum Gasteiger partial charge on any atom is 0.350 e. The number of thiazole rings is 1. The largest absolute Gasteiger partial charge is 0.543 e. The summed E-state index contributed by atoms with van der Waals surface area (Å²) < 4.78 is 1.78. The Morgan fingerprint density at radius 2 is 2.03 bits per heavy atom. The van der Waals surface area contributed by atoms with Crippen LogP contribution in [0.5, 0.6) is 0 Å². The number of anilines is 1. The van der Waals surface area contributed by atoms with Crippen molar-refractivity contribution < 1.29 is 44.3 Å². The van der Waals surface area contributed by atoms with E-state index >= 15 is 0 Å². The van der Waals surface area contributed by atoms with Crippen molar-refractivity contribution in [1.82, 2.24) is 15.2 Å².